The molecule has 38 heavy (non-hydrogen) atoms. The van der Waals surface area contributed by atoms with Gasteiger partial charge in [0.05, 0.1) is 10.6 Å². The fourth-order valence-corrected chi connectivity index (χ4v) is 5.70. The molecule has 0 radical (unpaired) electrons. The Morgan fingerprint density at radius 1 is 0.947 bits per heavy atom. The first-order chi connectivity index (χ1) is 18.0. The number of hydrogen-bond donors (Lipinski definition) is 1. The van der Waals surface area contributed by atoms with Gasteiger partial charge in [0.2, 0.25) is 11.8 Å². The minimum atomic E-state index is -4.14. The van der Waals surface area contributed by atoms with Crippen molar-refractivity contribution in [3.05, 3.63) is 94.8 Å². The topological polar surface area (TPSA) is 86.8 Å². The highest BCUT2D eigenvalue weighted by Crippen LogP contribution is 2.29. The molecule has 202 valence electrons. The van der Waals surface area contributed by atoms with Gasteiger partial charge in [-0.15, -0.1) is 0 Å². The summed E-state index contributed by atoms with van der Waals surface area (Å²) in [4.78, 5) is 28.1. The fourth-order valence-electron chi connectivity index (χ4n) is 4.23. The third-order valence-corrected chi connectivity index (χ3v) is 8.41. The smallest absolute Gasteiger partial charge is 0.264 e. The standard InChI is InChI=1S/C29H34FN3O4S/c1-6-26(29(35)31-5)32(18-23-12-14-24(30)15-13-23)28(34)19-33(27-9-7-8-21(3)22(27)4)38(36,37)25-16-10-20(2)11-17-25/h7-17,26H,6,18-19H2,1-5H3,(H,31,35)/t26-/m0/s1. The molecule has 3 aromatic rings. The Kier molecular flexibility index (Phi) is 9.27. The van der Waals surface area contributed by atoms with Crippen LogP contribution in [0.1, 0.15) is 35.6 Å². The molecular formula is C29H34FN3O4S. The number of halogens is 1. The van der Waals surface area contributed by atoms with Crippen molar-refractivity contribution in [2.75, 3.05) is 17.9 Å². The molecule has 9 heteroatoms. The van der Waals surface area contributed by atoms with E-state index in [9.17, 15) is 22.4 Å². The predicted molar refractivity (Wildman–Crippen MR) is 147 cm³/mol. The molecule has 0 aliphatic carbocycles. The maximum Gasteiger partial charge on any atom is 0.264 e. The third kappa shape index (κ3) is 6.39. The van der Waals surface area contributed by atoms with E-state index >= 15 is 0 Å². The summed E-state index contributed by atoms with van der Waals surface area (Å²) in [6.07, 6.45) is 0.306. The van der Waals surface area contributed by atoms with Gasteiger partial charge in [0.1, 0.15) is 18.4 Å². The number of nitrogens with one attached hydrogen (secondary N) is 1. The van der Waals surface area contributed by atoms with Crippen LogP contribution in [-0.4, -0.2) is 44.8 Å². The van der Waals surface area contributed by atoms with Gasteiger partial charge >= 0.3 is 0 Å². The number of carbonyl (C=O) groups excluding carboxylic acids is 2. The molecule has 0 aliphatic heterocycles. The third-order valence-electron chi connectivity index (χ3n) is 6.63. The van der Waals surface area contributed by atoms with Crippen LogP contribution in [0.4, 0.5) is 10.1 Å². The van der Waals surface area contributed by atoms with Crippen molar-refractivity contribution in [2.24, 2.45) is 0 Å². The van der Waals surface area contributed by atoms with E-state index < -0.39 is 34.3 Å². The van der Waals surface area contributed by atoms with E-state index in [1.165, 1.54) is 48.3 Å². The number of hydrogen-bond acceptors (Lipinski definition) is 4. The maximum absolute atomic E-state index is 13.9. The zero-order chi connectivity index (χ0) is 28.0. The second-order valence-electron chi connectivity index (χ2n) is 9.23. The number of anilines is 1. The van der Waals surface area contributed by atoms with E-state index in [1.807, 2.05) is 26.8 Å². The van der Waals surface area contributed by atoms with E-state index in [1.54, 1.807) is 31.2 Å². The fraction of sp³-hybridized carbons (Fsp3) is 0.310. The summed E-state index contributed by atoms with van der Waals surface area (Å²) >= 11 is 0. The van der Waals surface area contributed by atoms with Crippen molar-refractivity contribution < 1.29 is 22.4 Å². The molecule has 0 heterocycles. The number of benzene rings is 3. The molecule has 1 atom stereocenters. The van der Waals surface area contributed by atoms with E-state index in [2.05, 4.69) is 5.32 Å². The quantitative estimate of drug-likeness (QED) is 0.411. The Morgan fingerprint density at radius 3 is 2.16 bits per heavy atom. The van der Waals surface area contributed by atoms with Crippen LogP contribution in [0, 0.1) is 26.6 Å². The predicted octanol–water partition coefficient (Wildman–Crippen LogP) is 4.50. The average molecular weight is 540 g/mol. The highest BCUT2D eigenvalue weighted by molar-refractivity contribution is 7.92. The number of nitrogens with zero attached hydrogens (tertiary/aromatic N) is 2. The lowest BCUT2D eigenvalue weighted by atomic mass is 10.1. The summed E-state index contributed by atoms with van der Waals surface area (Å²) < 4.78 is 42.5. The van der Waals surface area contributed by atoms with Crippen LogP contribution >= 0.6 is 0 Å². The first kappa shape index (κ1) is 28.8. The van der Waals surface area contributed by atoms with Gasteiger partial charge in [0.15, 0.2) is 0 Å². The number of rotatable bonds is 10. The van der Waals surface area contributed by atoms with Gasteiger partial charge in [0, 0.05) is 13.6 Å². The Bertz CT molecular complexity index is 1390. The monoisotopic (exact) mass is 539 g/mol. The number of aryl methyl sites for hydroxylation is 2. The van der Waals surface area contributed by atoms with E-state index in [0.717, 1.165) is 21.0 Å². The van der Waals surface area contributed by atoms with Gasteiger partial charge in [-0.25, -0.2) is 12.8 Å². The normalized spacial score (nSPS) is 12.1. The minimum absolute atomic E-state index is 0.0102. The molecule has 0 spiro atoms. The van der Waals surface area contributed by atoms with Crippen LogP contribution < -0.4 is 9.62 Å². The summed E-state index contributed by atoms with van der Waals surface area (Å²) in [5.41, 5.74) is 3.49. The second kappa shape index (κ2) is 12.2. The Labute approximate surface area is 224 Å². The highest BCUT2D eigenvalue weighted by Gasteiger charge is 2.34. The zero-order valence-electron chi connectivity index (χ0n) is 22.4. The summed E-state index contributed by atoms with van der Waals surface area (Å²) in [5, 5.41) is 2.58. The molecule has 0 bridgehead atoms. The van der Waals surface area contributed by atoms with Gasteiger partial charge < -0.3 is 10.2 Å². The van der Waals surface area contributed by atoms with E-state index in [4.69, 9.17) is 0 Å². The first-order valence-electron chi connectivity index (χ1n) is 12.4. The summed E-state index contributed by atoms with van der Waals surface area (Å²) in [6, 6.07) is 16.5. The van der Waals surface area contributed by atoms with Gasteiger partial charge in [-0.3, -0.25) is 13.9 Å². The van der Waals surface area contributed by atoms with Crippen LogP contribution in [0.15, 0.2) is 71.6 Å². The molecular weight excluding hydrogens is 505 g/mol. The summed E-state index contributed by atoms with van der Waals surface area (Å²) in [7, 11) is -2.66. The molecule has 0 fully saturated rings. The van der Waals surface area contributed by atoms with E-state index in [0.29, 0.717) is 17.7 Å². The van der Waals surface area contributed by atoms with Crippen LogP contribution in [0.5, 0.6) is 0 Å². The number of carbonyl (C=O) groups is 2. The maximum atomic E-state index is 13.9. The molecule has 0 saturated heterocycles. The van der Waals surface area contributed by atoms with Gasteiger partial charge in [-0.1, -0.05) is 48.9 Å². The summed E-state index contributed by atoms with van der Waals surface area (Å²) in [6.45, 7) is 6.81. The van der Waals surface area contributed by atoms with Gasteiger partial charge in [-0.05, 0) is 74.2 Å². The Morgan fingerprint density at radius 2 is 1.58 bits per heavy atom. The lowest BCUT2D eigenvalue weighted by molar-refractivity contribution is -0.140. The van der Waals surface area contributed by atoms with Gasteiger partial charge in [-0.2, -0.15) is 0 Å². The van der Waals surface area contributed by atoms with Crippen molar-refractivity contribution in [1.82, 2.24) is 10.2 Å². The molecule has 0 aliphatic rings. The highest BCUT2D eigenvalue weighted by atomic mass is 32.2. The molecule has 3 aromatic carbocycles. The van der Waals surface area contributed by atoms with Crippen molar-refractivity contribution >= 4 is 27.5 Å². The van der Waals surface area contributed by atoms with Crippen LogP contribution in [-0.2, 0) is 26.2 Å². The Hall–Kier alpha value is -3.72. The van der Waals surface area contributed by atoms with Crippen LogP contribution in [0.2, 0.25) is 0 Å². The number of likely N-dealkylation sites (N-methyl/N-ethyl adjacent to an activating group) is 1. The summed E-state index contributed by atoms with van der Waals surface area (Å²) in [5.74, 6) is -1.35. The molecule has 1 N–H and O–H groups in total. The van der Waals surface area contributed by atoms with Crippen LogP contribution in [0.25, 0.3) is 0 Å². The lowest BCUT2D eigenvalue weighted by Gasteiger charge is -2.33. The zero-order valence-corrected chi connectivity index (χ0v) is 23.2. The molecule has 0 saturated carbocycles. The molecule has 3 rings (SSSR count). The van der Waals surface area contributed by atoms with Crippen LogP contribution in [0.3, 0.4) is 0 Å². The molecule has 0 aromatic heterocycles. The lowest BCUT2D eigenvalue weighted by Crippen LogP contribution is -2.51. The van der Waals surface area contributed by atoms with Crippen molar-refractivity contribution in [3.63, 3.8) is 0 Å². The largest absolute Gasteiger partial charge is 0.357 e. The number of sulfonamides is 1. The van der Waals surface area contributed by atoms with Crippen molar-refractivity contribution in [1.29, 1.82) is 0 Å². The molecule has 2 amide bonds. The van der Waals surface area contributed by atoms with Gasteiger partial charge in [0.25, 0.3) is 10.0 Å². The first-order valence-corrected chi connectivity index (χ1v) is 13.8. The van der Waals surface area contributed by atoms with Crippen molar-refractivity contribution in [3.8, 4) is 0 Å². The Balaban J connectivity index is 2.10. The number of amides is 2. The molecule has 0 unspecified atom stereocenters. The van der Waals surface area contributed by atoms with Crippen molar-refractivity contribution in [2.45, 2.75) is 51.6 Å². The molecule has 7 nitrogen and oxygen atoms in total. The second-order valence-corrected chi connectivity index (χ2v) is 11.1. The average Bonchev–Trinajstić information content (AvgIpc) is 2.90. The van der Waals surface area contributed by atoms with E-state index in [-0.39, 0.29) is 17.3 Å². The minimum Gasteiger partial charge on any atom is -0.357 e. The SMILES string of the molecule is CC[C@@H](C(=O)NC)N(Cc1ccc(F)cc1)C(=O)CN(c1cccc(C)c1C)S(=O)(=O)c1ccc(C)cc1.